The molecule has 0 unspecified atom stereocenters. The van der Waals surface area contributed by atoms with Crippen LogP contribution in [-0.4, -0.2) is 21.5 Å². The fourth-order valence-electron chi connectivity index (χ4n) is 1.51. The lowest BCUT2D eigenvalue weighted by atomic mass is 10.3. The molecule has 1 fully saturated rings. The van der Waals surface area contributed by atoms with Crippen LogP contribution < -0.4 is 0 Å². The average Bonchev–Trinajstić information content (AvgIpc) is 2.93. The van der Waals surface area contributed by atoms with Crippen LogP contribution in [0.15, 0.2) is 30.7 Å². The topological polar surface area (TPSA) is 43.6 Å². The lowest BCUT2D eigenvalue weighted by Gasteiger charge is -2.03. The number of pyridine rings is 1. The SMILES string of the molecule is O=C(OC1CC1)c1cccn2ccnc12. The van der Waals surface area contributed by atoms with Crippen LogP contribution in [0.1, 0.15) is 23.2 Å². The number of nitrogens with zero attached hydrogens (tertiary/aromatic N) is 2. The van der Waals surface area contributed by atoms with E-state index in [9.17, 15) is 4.79 Å². The normalized spacial score (nSPS) is 15.5. The first-order chi connectivity index (χ1) is 7.34. The van der Waals surface area contributed by atoms with Crippen molar-refractivity contribution in [3.05, 3.63) is 36.3 Å². The summed E-state index contributed by atoms with van der Waals surface area (Å²) in [5.74, 6) is -0.269. The maximum Gasteiger partial charge on any atom is 0.342 e. The van der Waals surface area contributed by atoms with E-state index in [1.165, 1.54) is 0 Å². The number of esters is 1. The van der Waals surface area contributed by atoms with Crippen LogP contribution in [-0.2, 0) is 4.74 Å². The van der Waals surface area contributed by atoms with Gasteiger partial charge in [-0.3, -0.25) is 0 Å². The van der Waals surface area contributed by atoms with Crippen LogP contribution in [0.2, 0.25) is 0 Å². The van der Waals surface area contributed by atoms with Gasteiger partial charge in [-0.05, 0) is 25.0 Å². The Bertz CT molecular complexity index is 514. The van der Waals surface area contributed by atoms with Crippen molar-refractivity contribution >= 4 is 11.6 Å². The van der Waals surface area contributed by atoms with Gasteiger partial charge in [0.2, 0.25) is 0 Å². The molecule has 4 nitrogen and oxygen atoms in total. The third kappa shape index (κ3) is 1.48. The highest BCUT2D eigenvalue weighted by atomic mass is 16.5. The maximum absolute atomic E-state index is 11.7. The second-order valence-corrected chi connectivity index (χ2v) is 3.68. The number of hydrogen-bond donors (Lipinski definition) is 0. The standard InChI is InChI=1S/C11H10N2O2/c14-11(15-8-3-4-8)9-2-1-6-13-7-5-12-10(9)13/h1-2,5-8H,3-4H2. The summed E-state index contributed by atoms with van der Waals surface area (Å²) in [6.07, 6.45) is 7.45. The van der Waals surface area contributed by atoms with E-state index in [2.05, 4.69) is 4.98 Å². The van der Waals surface area contributed by atoms with Gasteiger partial charge in [0.25, 0.3) is 0 Å². The van der Waals surface area contributed by atoms with Crippen LogP contribution in [0.3, 0.4) is 0 Å². The molecular formula is C11H10N2O2. The van der Waals surface area contributed by atoms with E-state index in [-0.39, 0.29) is 12.1 Å². The van der Waals surface area contributed by atoms with Gasteiger partial charge in [-0.25, -0.2) is 9.78 Å². The van der Waals surface area contributed by atoms with E-state index in [1.54, 1.807) is 12.3 Å². The Morgan fingerprint density at radius 3 is 3.13 bits per heavy atom. The summed E-state index contributed by atoms with van der Waals surface area (Å²) in [5.41, 5.74) is 1.19. The Labute approximate surface area is 86.5 Å². The molecule has 1 aliphatic carbocycles. The molecule has 0 N–H and O–H groups in total. The number of carbonyl (C=O) groups excluding carboxylic acids is 1. The molecule has 0 bridgehead atoms. The lowest BCUT2D eigenvalue weighted by Crippen LogP contribution is -2.08. The molecule has 15 heavy (non-hydrogen) atoms. The Morgan fingerprint density at radius 2 is 2.33 bits per heavy atom. The first kappa shape index (κ1) is 8.47. The van der Waals surface area contributed by atoms with Crippen LogP contribution in [0.25, 0.3) is 5.65 Å². The van der Waals surface area contributed by atoms with Gasteiger partial charge in [-0.15, -0.1) is 0 Å². The third-order valence-corrected chi connectivity index (χ3v) is 2.44. The van der Waals surface area contributed by atoms with Crippen molar-refractivity contribution in [2.75, 3.05) is 0 Å². The fraction of sp³-hybridized carbons (Fsp3) is 0.273. The van der Waals surface area contributed by atoms with Crippen LogP contribution in [0.4, 0.5) is 0 Å². The molecule has 76 valence electrons. The molecule has 0 atom stereocenters. The summed E-state index contributed by atoms with van der Waals surface area (Å²) in [5, 5.41) is 0. The van der Waals surface area contributed by atoms with Gasteiger partial charge >= 0.3 is 5.97 Å². The molecule has 0 aliphatic heterocycles. The van der Waals surface area contributed by atoms with Crippen molar-refractivity contribution in [1.82, 2.24) is 9.38 Å². The number of carbonyl (C=O) groups is 1. The molecule has 3 rings (SSSR count). The molecule has 1 aliphatic rings. The number of hydrogen-bond acceptors (Lipinski definition) is 3. The molecule has 0 radical (unpaired) electrons. The van der Waals surface area contributed by atoms with Crippen molar-refractivity contribution in [3.63, 3.8) is 0 Å². The summed E-state index contributed by atoms with van der Waals surface area (Å²) < 4.78 is 7.04. The van der Waals surface area contributed by atoms with E-state index in [4.69, 9.17) is 4.74 Å². The largest absolute Gasteiger partial charge is 0.459 e. The summed E-state index contributed by atoms with van der Waals surface area (Å²) in [4.78, 5) is 15.9. The fourth-order valence-corrected chi connectivity index (χ4v) is 1.51. The maximum atomic E-state index is 11.7. The number of fused-ring (bicyclic) bond motifs is 1. The van der Waals surface area contributed by atoms with Gasteiger partial charge in [0.1, 0.15) is 11.7 Å². The highest BCUT2D eigenvalue weighted by Crippen LogP contribution is 2.25. The molecule has 0 spiro atoms. The molecule has 4 heteroatoms. The zero-order chi connectivity index (χ0) is 10.3. The van der Waals surface area contributed by atoms with E-state index >= 15 is 0 Å². The van der Waals surface area contributed by atoms with E-state index in [0.717, 1.165) is 12.8 Å². The second-order valence-electron chi connectivity index (χ2n) is 3.68. The minimum Gasteiger partial charge on any atom is -0.459 e. The number of ether oxygens (including phenoxy) is 1. The van der Waals surface area contributed by atoms with Crippen molar-refractivity contribution in [2.24, 2.45) is 0 Å². The second kappa shape index (κ2) is 3.08. The first-order valence-corrected chi connectivity index (χ1v) is 4.97. The van der Waals surface area contributed by atoms with E-state index in [0.29, 0.717) is 11.2 Å². The Morgan fingerprint density at radius 1 is 1.47 bits per heavy atom. The summed E-state index contributed by atoms with van der Waals surface area (Å²) in [6, 6.07) is 3.56. The predicted octanol–water partition coefficient (Wildman–Crippen LogP) is 1.65. The van der Waals surface area contributed by atoms with Crippen LogP contribution in [0.5, 0.6) is 0 Å². The van der Waals surface area contributed by atoms with Gasteiger partial charge in [-0.2, -0.15) is 0 Å². The van der Waals surface area contributed by atoms with Gasteiger partial charge < -0.3 is 9.14 Å². The van der Waals surface area contributed by atoms with Gasteiger partial charge in [0.05, 0.1) is 0 Å². The molecule has 0 saturated heterocycles. The van der Waals surface area contributed by atoms with Gasteiger partial charge in [0, 0.05) is 18.6 Å². The lowest BCUT2D eigenvalue weighted by molar-refractivity contribution is 0.0474. The quantitative estimate of drug-likeness (QED) is 0.695. The Hall–Kier alpha value is -1.84. The third-order valence-electron chi connectivity index (χ3n) is 2.44. The smallest absolute Gasteiger partial charge is 0.342 e. The minimum absolute atomic E-state index is 0.132. The number of aromatic nitrogens is 2. The zero-order valence-electron chi connectivity index (χ0n) is 8.09. The van der Waals surface area contributed by atoms with Crippen molar-refractivity contribution in [1.29, 1.82) is 0 Å². The number of rotatable bonds is 2. The van der Waals surface area contributed by atoms with Crippen molar-refractivity contribution < 1.29 is 9.53 Å². The molecular weight excluding hydrogens is 192 g/mol. The first-order valence-electron chi connectivity index (χ1n) is 4.97. The van der Waals surface area contributed by atoms with Crippen LogP contribution in [0, 0.1) is 0 Å². The summed E-state index contributed by atoms with van der Waals surface area (Å²) >= 11 is 0. The van der Waals surface area contributed by atoms with Crippen LogP contribution >= 0.6 is 0 Å². The minimum atomic E-state index is -0.269. The number of imidazole rings is 1. The zero-order valence-corrected chi connectivity index (χ0v) is 8.09. The van der Waals surface area contributed by atoms with E-state index in [1.807, 2.05) is 22.9 Å². The Kier molecular flexibility index (Phi) is 1.74. The van der Waals surface area contributed by atoms with Crippen molar-refractivity contribution in [2.45, 2.75) is 18.9 Å². The summed E-state index contributed by atoms with van der Waals surface area (Å²) in [6.45, 7) is 0. The highest BCUT2D eigenvalue weighted by Gasteiger charge is 2.27. The van der Waals surface area contributed by atoms with Crippen molar-refractivity contribution in [3.8, 4) is 0 Å². The Balaban J connectivity index is 2.01. The average molecular weight is 202 g/mol. The highest BCUT2D eigenvalue weighted by molar-refractivity contribution is 5.95. The summed E-state index contributed by atoms with van der Waals surface area (Å²) in [7, 11) is 0. The predicted molar refractivity (Wildman–Crippen MR) is 53.6 cm³/mol. The van der Waals surface area contributed by atoms with Gasteiger partial charge in [0.15, 0.2) is 5.65 Å². The molecule has 1 saturated carbocycles. The molecule has 0 aromatic carbocycles. The monoisotopic (exact) mass is 202 g/mol. The molecule has 2 aromatic heterocycles. The molecule has 2 aromatic rings. The molecule has 2 heterocycles. The van der Waals surface area contributed by atoms with Gasteiger partial charge in [-0.1, -0.05) is 0 Å². The molecule has 0 amide bonds. The van der Waals surface area contributed by atoms with E-state index < -0.39 is 0 Å².